The van der Waals surface area contributed by atoms with Gasteiger partial charge in [0.1, 0.15) is 0 Å². The number of nitrogens with zero attached hydrogens (tertiary/aromatic N) is 1. The van der Waals surface area contributed by atoms with E-state index in [0.717, 1.165) is 0 Å². The first-order chi connectivity index (χ1) is 7.41. The van der Waals surface area contributed by atoms with Crippen molar-refractivity contribution in [2.75, 3.05) is 0 Å². The Kier molecular flexibility index (Phi) is 4.81. The zero-order valence-corrected chi connectivity index (χ0v) is 10.7. The van der Waals surface area contributed by atoms with E-state index in [2.05, 4.69) is 5.32 Å². The quantitative estimate of drug-likeness (QED) is 0.852. The van der Waals surface area contributed by atoms with Gasteiger partial charge in [0.25, 0.3) is 0 Å². The number of hydrogen-bond acceptors (Lipinski definition) is 3. The van der Waals surface area contributed by atoms with Gasteiger partial charge < -0.3 is 5.32 Å². The third-order valence-electron chi connectivity index (χ3n) is 1.63. The number of rotatable bonds is 3. The minimum absolute atomic E-state index is 0.201. The van der Waals surface area contributed by atoms with E-state index in [4.69, 9.17) is 0 Å². The molecule has 0 rings (SSSR count). The number of halogens is 3. The molecule has 102 valence electrons. The van der Waals surface area contributed by atoms with Gasteiger partial charge in [0.15, 0.2) is 0 Å². The Morgan fingerprint density at radius 1 is 1.18 bits per heavy atom. The predicted molar refractivity (Wildman–Crippen MR) is 55.6 cm³/mol. The van der Waals surface area contributed by atoms with Gasteiger partial charge in [-0.05, 0) is 27.7 Å². The summed E-state index contributed by atoms with van der Waals surface area (Å²) in [6.07, 6.45) is 0. The molecule has 0 aromatic heterocycles. The lowest BCUT2D eigenvalue weighted by atomic mass is 10.4. The van der Waals surface area contributed by atoms with Crippen molar-refractivity contribution in [1.82, 2.24) is 9.62 Å². The van der Waals surface area contributed by atoms with Crippen LogP contribution in [0.2, 0.25) is 0 Å². The SMILES string of the molecule is CC(C)NC(=O)N(C(C)C)S(=O)(=O)C(F)(F)F. The molecule has 0 saturated heterocycles. The third-order valence-corrected chi connectivity index (χ3v) is 3.32. The van der Waals surface area contributed by atoms with E-state index in [1.807, 2.05) is 0 Å². The number of alkyl halides is 3. The zero-order chi connectivity index (χ0) is 14.0. The molecule has 0 heterocycles. The lowest BCUT2D eigenvalue weighted by Gasteiger charge is -2.27. The maximum absolute atomic E-state index is 12.3. The molecule has 2 amide bonds. The van der Waals surface area contributed by atoms with Gasteiger partial charge in [-0.15, -0.1) is 0 Å². The summed E-state index contributed by atoms with van der Waals surface area (Å²) >= 11 is 0. The number of urea groups is 1. The average molecular weight is 276 g/mol. The van der Waals surface area contributed by atoms with Crippen LogP contribution in [0.4, 0.5) is 18.0 Å². The van der Waals surface area contributed by atoms with Crippen molar-refractivity contribution >= 4 is 16.1 Å². The van der Waals surface area contributed by atoms with Crippen LogP contribution in [0, 0.1) is 0 Å². The van der Waals surface area contributed by atoms with Crippen molar-refractivity contribution in [3.63, 3.8) is 0 Å². The van der Waals surface area contributed by atoms with Gasteiger partial charge in [-0.3, -0.25) is 0 Å². The Bertz CT molecular complexity index is 376. The number of hydrogen-bond donors (Lipinski definition) is 1. The Morgan fingerprint density at radius 3 is 1.82 bits per heavy atom. The van der Waals surface area contributed by atoms with E-state index in [1.165, 1.54) is 27.7 Å². The fourth-order valence-electron chi connectivity index (χ4n) is 1.04. The van der Waals surface area contributed by atoms with Crippen molar-refractivity contribution in [1.29, 1.82) is 0 Å². The van der Waals surface area contributed by atoms with E-state index in [-0.39, 0.29) is 4.31 Å². The zero-order valence-electron chi connectivity index (χ0n) is 9.87. The normalized spacial score (nSPS) is 13.0. The van der Waals surface area contributed by atoms with Crippen LogP contribution in [0.5, 0.6) is 0 Å². The Morgan fingerprint density at radius 2 is 1.59 bits per heavy atom. The molecule has 0 aromatic carbocycles. The summed E-state index contributed by atoms with van der Waals surface area (Å²) in [6, 6.07) is -2.88. The van der Waals surface area contributed by atoms with E-state index < -0.39 is 33.6 Å². The average Bonchev–Trinajstić information content (AvgIpc) is 1.97. The molecule has 0 unspecified atom stereocenters. The first-order valence-corrected chi connectivity index (χ1v) is 6.26. The van der Waals surface area contributed by atoms with Gasteiger partial charge in [0, 0.05) is 12.1 Å². The van der Waals surface area contributed by atoms with Crippen molar-refractivity contribution in [2.24, 2.45) is 0 Å². The highest BCUT2D eigenvalue weighted by atomic mass is 32.2. The first kappa shape index (κ1) is 16.0. The molecular formula is C8H15F3N2O3S. The van der Waals surface area contributed by atoms with Gasteiger partial charge in [-0.1, -0.05) is 0 Å². The van der Waals surface area contributed by atoms with E-state index in [0.29, 0.717) is 0 Å². The molecule has 0 fully saturated rings. The smallest absolute Gasteiger partial charge is 0.335 e. The molecule has 0 radical (unpaired) electrons. The summed E-state index contributed by atoms with van der Waals surface area (Å²) in [7, 11) is -5.66. The monoisotopic (exact) mass is 276 g/mol. The van der Waals surface area contributed by atoms with Crippen LogP contribution in [-0.4, -0.2) is 36.3 Å². The Hall–Kier alpha value is -0.990. The molecule has 0 aliphatic rings. The predicted octanol–water partition coefficient (Wildman–Crippen LogP) is 1.66. The Balaban J connectivity index is 5.35. The second-order valence-electron chi connectivity index (χ2n) is 3.94. The highest BCUT2D eigenvalue weighted by Gasteiger charge is 2.52. The summed E-state index contributed by atoms with van der Waals surface area (Å²) in [5.41, 5.74) is -5.49. The number of carbonyl (C=O) groups excluding carboxylic acids is 1. The summed E-state index contributed by atoms with van der Waals surface area (Å²) in [6.45, 7) is 5.39. The molecule has 9 heteroatoms. The lowest BCUT2D eigenvalue weighted by molar-refractivity contribution is -0.0485. The summed E-state index contributed by atoms with van der Waals surface area (Å²) in [5, 5.41) is 2.11. The number of carbonyl (C=O) groups is 1. The van der Waals surface area contributed by atoms with Crippen LogP contribution in [-0.2, 0) is 10.0 Å². The van der Waals surface area contributed by atoms with Gasteiger partial charge in [-0.25, -0.2) is 9.10 Å². The molecule has 0 saturated carbocycles. The molecular weight excluding hydrogens is 261 g/mol. The van der Waals surface area contributed by atoms with E-state index in [1.54, 1.807) is 0 Å². The van der Waals surface area contributed by atoms with Gasteiger partial charge in [-0.2, -0.15) is 21.6 Å². The molecule has 0 aliphatic carbocycles. The molecule has 0 atom stereocenters. The molecule has 0 aliphatic heterocycles. The van der Waals surface area contributed by atoms with Crippen molar-refractivity contribution in [2.45, 2.75) is 45.3 Å². The number of nitrogens with one attached hydrogen (secondary N) is 1. The molecule has 1 N–H and O–H groups in total. The van der Waals surface area contributed by atoms with Gasteiger partial charge in [0.05, 0.1) is 0 Å². The van der Waals surface area contributed by atoms with Crippen LogP contribution in [0.1, 0.15) is 27.7 Å². The second kappa shape index (κ2) is 5.11. The molecule has 17 heavy (non-hydrogen) atoms. The minimum atomic E-state index is -5.66. The fourth-order valence-corrected chi connectivity index (χ4v) is 2.09. The van der Waals surface area contributed by atoms with E-state index in [9.17, 15) is 26.4 Å². The lowest BCUT2D eigenvalue weighted by Crippen LogP contribution is -2.53. The number of sulfonamides is 1. The standard InChI is InChI=1S/C8H15F3N2O3S/c1-5(2)12-7(14)13(6(3)4)17(15,16)8(9,10)11/h5-6H,1-4H3,(H,12,14). The van der Waals surface area contributed by atoms with Crippen LogP contribution in [0.3, 0.4) is 0 Å². The van der Waals surface area contributed by atoms with E-state index >= 15 is 0 Å². The number of amides is 2. The highest BCUT2D eigenvalue weighted by Crippen LogP contribution is 2.28. The topological polar surface area (TPSA) is 66.5 Å². The van der Waals surface area contributed by atoms with Crippen LogP contribution in [0.25, 0.3) is 0 Å². The van der Waals surface area contributed by atoms with Gasteiger partial charge >= 0.3 is 21.6 Å². The van der Waals surface area contributed by atoms with Crippen molar-refractivity contribution in [3.05, 3.63) is 0 Å². The van der Waals surface area contributed by atoms with Crippen molar-refractivity contribution < 1.29 is 26.4 Å². The third kappa shape index (κ3) is 3.76. The maximum atomic E-state index is 12.3. The summed E-state index contributed by atoms with van der Waals surface area (Å²) in [4.78, 5) is 11.4. The largest absolute Gasteiger partial charge is 0.516 e. The maximum Gasteiger partial charge on any atom is 0.516 e. The summed E-state index contributed by atoms with van der Waals surface area (Å²) < 4.78 is 59.1. The molecule has 0 bridgehead atoms. The summed E-state index contributed by atoms with van der Waals surface area (Å²) in [5.74, 6) is 0. The van der Waals surface area contributed by atoms with Crippen LogP contribution in [0.15, 0.2) is 0 Å². The van der Waals surface area contributed by atoms with Crippen LogP contribution >= 0.6 is 0 Å². The molecule has 0 aromatic rings. The van der Waals surface area contributed by atoms with Crippen LogP contribution < -0.4 is 5.32 Å². The fraction of sp³-hybridized carbons (Fsp3) is 0.875. The second-order valence-corrected chi connectivity index (χ2v) is 5.75. The highest BCUT2D eigenvalue weighted by molar-refractivity contribution is 7.90. The Labute approximate surface area is 98.0 Å². The van der Waals surface area contributed by atoms with Crippen molar-refractivity contribution in [3.8, 4) is 0 Å². The molecule has 0 spiro atoms. The molecule has 5 nitrogen and oxygen atoms in total. The van der Waals surface area contributed by atoms with Gasteiger partial charge in [0.2, 0.25) is 0 Å². The minimum Gasteiger partial charge on any atom is -0.335 e. The first-order valence-electron chi connectivity index (χ1n) is 4.82.